The first-order valence-electron chi connectivity index (χ1n) is 9.21. The lowest BCUT2D eigenvalue weighted by molar-refractivity contribution is -0.116. The number of nitrogens with two attached hydrogens (primary N) is 1. The summed E-state index contributed by atoms with van der Waals surface area (Å²) in [5, 5.41) is 14.5. The Hall–Kier alpha value is -4.08. The van der Waals surface area contributed by atoms with Crippen molar-refractivity contribution in [1.82, 2.24) is 25.1 Å². The van der Waals surface area contributed by atoms with Gasteiger partial charge in [-0.15, -0.1) is 5.10 Å². The van der Waals surface area contributed by atoms with Gasteiger partial charge in [0.25, 0.3) is 5.89 Å². The summed E-state index contributed by atoms with van der Waals surface area (Å²) in [5.41, 5.74) is 8.66. The van der Waals surface area contributed by atoms with Crippen molar-refractivity contribution in [2.24, 2.45) is 0 Å². The summed E-state index contributed by atoms with van der Waals surface area (Å²) in [6.07, 6.45) is 0.922. The van der Waals surface area contributed by atoms with Crippen LogP contribution < -0.4 is 11.1 Å². The molecule has 2 aromatic carbocycles. The van der Waals surface area contributed by atoms with Crippen LogP contribution in [0.1, 0.15) is 12.5 Å². The number of rotatable bonds is 6. The Balaban J connectivity index is 1.47. The third kappa shape index (κ3) is 4.02. The van der Waals surface area contributed by atoms with Crippen molar-refractivity contribution in [2.45, 2.75) is 19.9 Å². The number of benzene rings is 2. The Morgan fingerprint density at radius 3 is 2.60 bits per heavy atom. The van der Waals surface area contributed by atoms with Crippen LogP contribution in [0.15, 0.2) is 53.1 Å². The number of aromatic nitrogens is 5. The van der Waals surface area contributed by atoms with Gasteiger partial charge >= 0.3 is 0 Å². The lowest BCUT2D eigenvalue weighted by Gasteiger charge is -2.06. The largest absolute Gasteiger partial charge is 0.382 e. The summed E-state index contributed by atoms with van der Waals surface area (Å²) in [7, 11) is 0. The minimum Gasteiger partial charge on any atom is -0.382 e. The van der Waals surface area contributed by atoms with Crippen molar-refractivity contribution in [3.05, 3.63) is 59.9 Å². The van der Waals surface area contributed by atoms with E-state index in [1.54, 1.807) is 0 Å². The van der Waals surface area contributed by atoms with Gasteiger partial charge < -0.3 is 15.6 Å². The van der Waals surface area contributed by atoms with Crippen molar-refractivity contribution in [2.75, 3.05) is 11.1 Å². The van der Waals surface area contributed by atoms with E-state index in [1.807, 2.05) is 24.3 Å². The van der Waals surface area contributed by atoms with Gasteiger partial charge in [-0.25, -0.2) is 9.07 Å². The van der Waals surface area contributed by atoms with E-state index in [1.165, 1.54) is 34.5 Å². The van der Waals surface area contributed by atoms with E-state index in [2.05, 4.69) is 32.7 Å². The number of nitrogen functional groups attached to an aromatic ring is 1. The van der Waals surface area contributed by atoms with Crippen molar-refractivity contribution < 1.29 is 13.7 Å². The predicted molar refractivity (Wildman–Crippen MR) is 108 cm³/mol. The zero-order chi connectivity index (χ0) is 21.1. The highest BCUT2D eigenvalue weighted by Gasteiger charge is 2.20. The van der Waals surface area contributed by atoms with Gasteiger partial charge in [0.05, 0.1) is 0 Å². The maximum atomic E-state index is 13.1. The molecule has 30 heavy (non-hydrogen) atoms. The van der Waals surface area contributed by atoms with Crippen molar-refractivity contribution in [3.63, 3.8) is 0 Å². The van der Waals surface area contributed by atoms with Crippen molar-refractivity contribution >= 4 is 17.4 Å². The minimum absolute atomic E-state index is 0.0497. The summed E-state index contributed by atoms with van der Waals surface area (Å²) in [5.74, 6) is -0.254. The molecule has 0 saturated heterocycles. The summed E-state index contributed by atoms with van der Waals surface area (Å²) in [6, 6.07) is 13.2. The second kappa shape index (κ2) is 8.11. The van der Waals surface area contributed by atoms with Crippen LogP contribution in [-0.2, 0) is 17.8 Å². The van der Waals surface area contributed by atoms with Crippen LogP contribution in [0.5, 0.6) is 0 Å². The molecule has 0 saturated carbocycles. The molecule has 3 N–H and O–H groups in total. The second-order valence-electron chi connectivity index (χ2n) is 6.51. The number of carbonyl (C=O) groups excluding carboxylic acids is 1. The Kier molecular flexibility index (Phi) is 5.21. The van der Waals surface area contributed by atoms with Gasteiger partial charge in [0, 0.05) is 11.3 Å². The first-order chi connectivity index (χ1) is 14.5. The zero-order valence-electron chi connectivity index (χ0n) is 16.0. The van der Waals surface area contributed by atoms with Gasteiger partial charge in [-0.1, -0.05) is 29.4 Å². The molecule has 10 heteroatoms. The molecule has 9 nitrogen and oxygen atoms in total. The molecule has 2 heterocycles. The average molecular weight is 407 g/mol. The molecule has 0 bridgehead atoms. The van der Waals surface area contributed by atoms with Gasteiger partial charge in [-0.05, 0) is 48.4 Å². The summed E-state index contributed by atoms with van der Waals surface area (Å²) in [6.45, 7) is 1.93. The topological polar surface area (TPSA) is 125 Å². The van der Waals surface area contributed by atoms with Crippen LogP contribution in [-0.4, -0.2) is 31.0 Å². The highest BCUT2D eigenvalue weighted by Crippen LogP contribution is 2.24. The normalized spacial score (nSPS) is 10.9. The Morgan fingerprint density at radius 1 is 1.17 bits per heavy atom. The summed E-state index contributed by atoms with van der Waals surface area (Å²) < 4.78 is 19.5. The molecule has 1 amide bonds. The number of halogens is 1. The van der Waals surface area contributed by atoms with E-state index in [-0.39, 0.29) is 41.5 Å². The summed E-state index contributed by atoms with van der Waals surface area (Å²) >= 11 is 0. The molecule has 0 aliphatic carbocycles. The number of hydrogen-bond acceptors (Lipinski definition) is 7. The van der Waals surface area contributed by atoms with E-state index in [0.717, 1.165) is 6.42 Å². The minimum atomic E-state index is -0.366. The second-order valence-corrected chi connectivity index (χ2v) is 6.51. The number of anilines is 2. The lowest BCUT2D eigenvalue weighted by Crippen LogP contribution is -2.20. The Morgan fingerprint density at radius 2 is 1.90 bits per heavy atom. The van der Waals surface area contributed by atoms with E-state index in [9.17, 15) is 9.18 Å². The van der Waals surface area contributed by atoms with Gasteiger partial charge in [-0.2, -0.15) is 4.98 Å². The monoisotopic (exact) mass is 407 g/mol. The molecule has 0 spiro atoms. The number of amides is 1. The van der Waals surface area contributed by atoms with Crippen molar-refractivity contribution in [3.8, 4) is 23.0 Å². The van der Waals surface area contributed by atoms with Crippen LogP contribution in [0.4, 0.5) is 15.9 Å². The van der Waals surface area contributed by atoms with E-state index < -0.39 is 0 Å². The summed E-state index contributed by atoms with van der Waals surface area (Å²) in [4.78, 5) is 16.5. The van der Waals surface area contributed by atoms with Gasteiger partial charge in [0.2, 0.25) is 11.7 Å². The smallest absolute Gasteiger partial charge is 0.282 e. The molecule has 152 valence electrons. The predicted octanol–water partition coefficient (Wildman–Crippen LogP) is 2.92. The molecule has 4 aromatic rings. The average Bonchev–Trinajstić information content (AvgIpc) is 3.36. The number of hydrogen-bond donors (Lipinski definition) is 2. The first-order valence-corrected chi connectivity index (χ1v) is 9.21. The van der Waals surface area contributed by atoms with E-state index >= 15 is 0 Å². The Labute approximate surface area is 170 Å². The number of aryl methyl sites for hydroxylation is 1. The Bertz CT molecular complexity index is 1170. The van der Waals surface area contributed by atoms with Crippen LogP contribution in [0.2, 0.25) is 0 Å². The molecule has 0 aliphatic heterocycles. The maximum Gasteiger partial charge on any atom is 0.282 e. The third-order valence-electron chi connectivity index (χ3n) is 4.44. The van der Waals surface area contributed by atoms with Gasteiger partial charge in [-0.3, -0.25) is 4.79 Å². The number of nitrogens with zero attached hydrogens (tertiary/aromatic N) is 5. The molecule has 0 radical (unpaired) electrons. The van der Waals surface area contributed by atoms with Crippen molar-refractivity contribution in [1.29, 1.82) is 0 Å². The molecule has 0 atom stereocenters. The maximum absolute atomic E-state index is 13.1. The molecule has 0 aliphatic rings. The highest BCUT2D eigenvalue weighted by atomic mass is 19.1. The van der Waals surface area contributed by atoms with Gasteiger partial charge in [0.15, 0.2) is 11.5 Å². The standard InChI is InChI=1S/C20H18FN7O2/c1-2-12-3-9-15(10-4-12)23-16(29)11-28-18(22)17(25-27-28)20-24-19(26-30-20)13-5-7-14(21)8-6-13/h3-10H,2,11,22H2,1H3,(H,23,29). The van der Waals surface area contributed by atoms with Gasteiger partial charge in [0.1, 0.15) is 12.4 Å². The van der Waals surface area contributed by atoms with Crippen LogP contribution >= 0.6 is 0 Å². The molecule has 2 aromatic heterocycles. The van der Waals surface area contributed by atoms with Crippen LogP contribution in [0, 0.1) is 5.82 Å². The number of nitrogens with one attached hydrogen (secondary N) is 1. The fraction of sp³-hybridized carbons (Fsp3) is 0.150. The number of carbonyl (C=O) groups is 1. The zero-order valence-corrected chi connectivity index (χ0v) is 16.0. The quantitative estimate of drug-likeness (QED) is 0.503. The molecule has 0 fully saturated rings. The van der Waals surface area contributed by atoms with Crippen LogP contribution in [0.25, 0.3) is 23.0 Å². The van der Waals surface area contributed by atoms with E-state index in [0.29, 0.717) is 11.3 Å². The van der Waals surface area contributed by atoms with E-state index in [4.69, 9.17) is 10.3 Å². The lowest BCUT2D eigenvalue weighted by atomic mass is 10.1. The molecule has 0 unspecified atom stereocenters. The first kappa shape index (κ1) is 19.2. The SMILES string of the molecule is CCc1ccc(NC(=O)Cn2nnc(-c3nc(-c4ccc(F)cc4)no3)c2N)cc1. The fourth-order valence-electron chi connectivity index (χ4n) is 2.79. The third-order valence-corrected chi connectivity index (χ3v) is 4.44. The highest BCUT2D eigenvalue weighted by molar-refractivity contribution is 5.90. The molecule has 4 rings (SSSR count). The van der Waals surface area contributed by atoms with Crippen LogP contribution in [0.3, 0.4) is 0 Å². The fourth-order valence-corrected chi connectivity index (χ4v) is 2.79. The molecular weight excluding hydrogens is 389 g/mol. The molecular formula is C20H18FN7O2.